The summed E-state index contributed by atoms with van der Waals surface area (Å²) in [7, 11) is 0. The number of para-hydroxylation sites is 1. The number of urea groups is 1. The van der Waals surface area contributed by atoms with Crippen LogP contribution in [-0.2, 0) is 22.6 Å². The Balaban J connectivity index is 1.59. The summed E-state index contributed by atoms with van der Waals surface area (Å²) < 4.78 is 19.4. The first-order valence-electron chi connectivity index (χ1n) is 11.8. The van der Waals surface area contributed by atoms with E-state index >= 15 is 0 Å². The van der Waals surface area contributed by atoms with Crippen molar-refractivity contribution in [3.63, 3.8) is 0 Å². The van der Waals surface area contributed by atoms with Crippen LogP contribution in [0.15, 0.2) is 90.5 Å². The number of carbonyl (C=O) groups is 3. The first kappa shape index (κ1) is 23.9. The minimum absolute atomic E-state index is 0.156. The van der Waals surface area contributed by atoms with E-state index < -0.39 is 17.8 Å². The Labute approximate surface area is 213 Å². The molecule has 4 aromatic carbocycles. The molecule has 1 saturated heterocycles. The maximum atomic E-state index is 13.6. The molecular weight excluding hydrogens is 471 g/mol. The summed E-state index contributed by atoms with van der Waals surface area (Å²) in [5, 5.41) is 3.95. The molecule has 4 aromatic rings. The van der Waals surface area contributed by atoms with Gasteiger partial charge in [-0.1, -0.05) is 67.6 Å². The maximum Gasteiger partial charge on any atom is 0.335 e. The zero-order valence-corrected chi connectivity index (χ0v) is 20.0. The summed E-state index contributed by atoms with van der Waals surface area (Å²) in [5.74, 6) is -1.40. The van der Waals surface area contributed by atoms with Crippen molar-refractivity contribution in [3.8, 4) is 5.75 Å². The van der Waals surface area contributed by atoms with Crippen LogP contribution in [0.1, 0.15) is 23.6 Å². The number of anilines is 1. The summed E-state index contributed by atoms with van der Waals surface area (Å²) in [5.41, 5.74) is 2.32. The third-order valence-corrected chi connectivity index (χ3v) is 6.24. The molecule has 0 aromatic heterocycles. The van der Waals surface area contributed by atoms with Crippen molar-refractivity contribution in [1.29, 1.82) is 0 Å². The van der Waals surface area contributed by atoms with Gasteiger partial charge in [-0.05, 0) is 58.7 Å². The lowest BCUT2D eigenvalue weighted by molar-refractivity contribution is -0.122. The summed E-state index contributed by atoms with van der Waals surface area (Å²) in [4.78, 5) is 40.2. The fourth-order valence-electron chi connectivity index (χ4n) is 4.34. The maximum absolute atomic E-state index is 13.6. The van der Waals surface area contributed by atoms with Crippen LogP contribution in [0.4, 0.5) is 14.9 Å². The van der Waals surface area contributed by atoms with Gasteiger partial charge in [0.05, 0.1) is 5.69 Å². The van der Waals surface area contributed by atoms with Gasteiger partial charge in [-0.2, -0.15) is 0 Å². The number of ether oxygens (including phenoxy) is 1. The largest absolute Gasteiger partial charge is 0.488 e. The minimum atomic E-state index is -0.793. The van der Waals surface area contributed by atoms with Gasteiger partial charge in [-0.25, -0.2) is 14.1 Å². The molecule has 0 saturated carbocycles. The van der Waals surface area contributed by atoms with E-state index in [2.05, 4.69) is 5.32 Å². The molecular formula is C30H23FN2O4. The number of fused-ring (bicyclic) bond motifs is 1. The molecule has 184 valence electrons. The van der Waals surface area contributed by atoms with Gasteiger partial charge in [0.1, 0.15) is 23.7 Å². The average Bonchev–Trinajstić information content (AvgIpc) is 2.91. The van der Waals surface area contributed by atoms with E-state index in [1.54, 1.807) is 30.3 Å². The van der Waals surface area contributed by atoms with Gasteiger partial charge in [0.2, 0.25) is 0 Å². The van der Waals surface area contributed by atoms with Crippen LogP contribution in [0.2, 0.25) is 0 Å². The zero-order valence-electron chi connectivity index (χ0n) is 20.0. The van der Waals surface area contributed by atoms with Gasteiger partial charge in [-0.15, -0.1) is 0 Å². The lowest BCUT2D eigenvalue weighted by atomic mass is 9.99. The third kappa shape index (κ3) is 4.71. The van der Waals surface area contributed by atoms with E-state index in [9.17, 15) is 18.8 Å². The molecule has 37 heavy (non-hydrogen) atoms. The number of halogens is 1. The number of benzene rings is 4. The second-order valence-electron chi connectivity index (χ2n) is 8.55. The van der Waals surface area contributed by atoms with Crippen LogP contribution in [0.25, 0.3) is 16.8 Å². The minimum Gasteiger partial charge on any atom is -0.488 e. The molecule has 0 spiro atoms. The number of imide groups is 2. The molecule has 0 radical (unpaired) electrons. The summed E-state index contributed by atoms with van der Waals surface area (Å²) >= 11 is 0. The predicted octanol–water partition coefficient (Wildman–Crippen LogP) is 5.79. The Morgan fingerprint density at radius 2 is 1.62 bits per heavy atom. The van der Waals surface area contributed by atoms with Crippen molar-refractivity contribution in [2.75, 3.05) is 4.90 Å². The number of aryl methyl sites for hydroxylation is 1. The predicted molar refractivity (Wildman–Crippen MR) is 140 cm³/mol. The van der Waals surface area contributed by atoms with Crippen molar-refractivity contribution in [3.05, 3.63) is 113 Å². The number of hydrogen-bond acceptors (Lipinski definition) is 4. The number of barbiturate groups is 1. The normalized spacial score (nSPS) is 14.8. The molecule has 0 aliphatic carbocycles. The van der Waals surface area contributed by atoms with Crippen LogP contribution >= 0.6 is 0 Å². The summed E-state index contributed by atoms with van der Waals surface area (Å²) in [6.45, 7) is 2.08. The Hall–Kier alpha value is -4.78. The summed E-state index contributed by atoms with van der Waals surface area (Å²) in [6, 6.07) is 23.4. The van der Waals surface area contributed by atoms with Crippen LogP contribution < -0.4 is 15.0 Å². The topological polar surface area (TPSA) is 75.7 Å². The quantitative estimate of drug-likeness (QED) is 0.272. The van der Waals surface area contributed by atoms with Crippen molar-refractivity contribution < 1.29 is 23.5 Å². The van der Waals surface area contributed by atoms with Crippen molar-refractivity contribution in [2.45, 2.75) is 20.0 Å². The standard InChI is InChI=1S/C30H23FN2O4/c1-2-20-7-4-6-10-26(20)33-29(35)25(28(34)32-30(33)36)17-24-23-9-5-3-8-21(23)13-16-27(24)37-18-19-11-14-22(31)15-12-19/h3-17H,2,18H2,1H3,(H,32,34,36)/b25-17-. The highest BCUT2D eigenvalue weighted by atomic mass is 19.1. The monoisotopic (exact) mass is 494 g/mol. The zero-order chi connectivity index (χ0) is 25.9. The third-order valence-electron chi connectivity index (χ3n) is 6.24. The number of nitrogens with zero attached hydrogens (tertiary/aromatic N) is 1. The highest BCUT2D eigenvalue weighted by Gasteiger charge is 2.37. The smallest absolute Gasteiger partial charge is 0.335 e. The van der Waals surface area contributed by atoms with Crippen molar-refractivity contribution >= 4 is 40.4 Å². The molecule has 0 bridgehead atoms. The van der Waals surface area contributed by atoms with Gasteiger partial charge < -0.3 is 4.74 Å². The van der Waals surface area contributed by atoms with Crippen molar-refractivity contribution in [1.82, 2.24) is 5.32 Å². The number of carbonyl (C=O) groups excluding carboxylic acids is 3. The molecule has 5 rings (SSSR count). The number of rotatable bonds is 6. The molecule has 1 heterocycles. The first-order valence-corrected chi connectivity index (χ1v) is 11.8. The van der Waals surface area contributed by atoms with Gasteiger partial charge >= 0.3 is 6.03 Å². The molecule has 6 nitrogen and oxygen atoms in total. The number of hydrogen-bond donors (Lipinski definition) is 1. The Morgan fingerprint density at radius 3 is 2.41 bits per heavy atom. The molecule has 0 atom stereocenters. The van der Waals surface area contributed by atoms with E-state index in [1.807, 2.05) is 49.4 Å². The molecule has 0 unspecified atom stereocenters. The number of amides is 4. The fourth-order valence-corrected chi connectivity index (χ4v) is 4.34. The lowest BCUT2D eigenvalue weighted by Gasteiger charge is -2.28. The molecule has 7 heteroatoms. The molecule has 4 amide bonds. The molecule has 1 aliphatic rings. The van der Waals surface area contributed by atoms with E-state index in [0.29, 0.717) is 23.4 Å². The van der Waals surface area contributed by atoms with Crippen LogP contribution in [0, 0.1) is 5.82 Å². The average molecular weight is 495 g/mol. The summed E-state index contributed by atoms with van der Waals surface area (Å²) in [6.07, 6.45) is 2.07. The van der Waals surface area contributed by atoms with Gasteiger partial charge in [0, 0.05) is 5.56 Å². The van der Waals surface area contributed by atoms with E-state index in [4.69, 9.17) is 4.74 Å². The Bertz CT molecular complexity index is 1560. The van der Waals surface area contributed by atoms with Crippen LogP contribution in [0.5, 0.6) is 5.75 Å². The molecule has 1 N–H and O–H groups in total. The Kier molecular flexibility index (Phi) is 6.51. The Morgan fingerprint density at radius 1 is 0.892 bits per heavy atom. The lowest BCUT2D eigenvalue weighted by Crippen LogP contribution is -2.54. The van der Waals surface area contributed by atoms with Gasteiger partial charge in [-0.3, -0.25) is 14.9 Å². The van der Waals surface area contributed by atoms with Crippen LogP contribution in [0.3, 0.4) is 0 Å². The first-order chi connectivity index (χ1) is 18.0. The van der Waals surface area contributed by atoms with Gasteiger partial charge in [0.25, 0.3) is 11.8 Å². The number of nitrogens with one attached hydrogen (secondary N) is 1. The van der Waals surface area contributed by atoms with E-state index in [0.717, 1.165) is 26.8 Å². The van der Waals surface area contributed by atoms with E-state index in [-0.39, 0.29) is 18.0 Å². The van der Waals surface area contributed by atoms with Crippen molar-refractivity contribution in [2.24, 2.45) is 0 Å². The second kappa shape index (κ2) is 10.1. The second-order valence-corrected chi connectivity index (χ2v) is 8.55. The highest BCUT2D eigenvalue weighted by molar-refractivity contribution is 6.39. The molecule has 1 fully saturated rings. The fraction of sp³-hybridized carbons (Fsp3) is 0.100. The SMILES string of the molecule is CCc1ccccc1N1C(=O)NC(=O)/C(=C/c2c(OCc3ccc(F)cc3)ccc3ccccc23)C1=O. The molecule has 1 aliphatic heterocycles. The highest BCUT2D eigenvalue weighted by Crippen LogP contribution is 2.33. The van der Waals surface area contributed by atoms with Crippen LogP contribution in [-0.4, -0.2) is 17.8 Å². The van der Waals surface area contributed by atoms with E-state index in [1.165, 1.54) is 18.2 Å². The van der Waals surface area contributed by atoms with Gasteiger partial charge in [0.15, 0.2) is 0 Å².